The van der Waals surface area contributed by atoms with Crippen LogP contribution in [0.5, 0.6) is 0 Å². The molecule has 32 heavy (non-hydrogen) atoms. The Morgan fingerprint density at radius 2 is 2.12 bits per heavy atom. The van der Waals surface area contributed by atoms with Crippen molar-refractivity contribution in [2.24, 2.45) is 0 Å². The molecule has 2 N–H and O–H groups in total. The van der Waals surface area contributed by atoms with Crippen LogP contribution in [0.3, 0.4) is 0 Å². The van der Waals surface area contributed by atoms with E-state index in [1.165, 1.54) is 27.9 Å². The smallest absolute Gasteiger partial charge is 0.428 e. The van der Waals surface area contributed by atoms with Crippen molar-refractivity contribution in [2.45, 2.75) is 24.4 Å². The maximum Gasteiger partial charge on any atom is 0.509 e. The van der Waals surface area contributed by atoms with E-state index in [4.69, 9.17) is 0 Å². The van der Waals surface area contributed by atoms with Crippen LogP contribution in [0.25, 0.3) is 5.65 Å². The Balaban J connectivity index is 1.59. The third kappa shape index (κ3) is 4.22. The molecule has 2 aliphatic heterocycles. The number of ether oxygens (including phenoxy) is 2. The molecule has 172 valence electrons. The summed E-state index contributed by atoms with van der Waals surface area (Å²) in [5, 5.41) is 8.83. The molecule has 0 spiro atoms. The van der Waals surface area contributed by atoms with Gasteiger partial charge in [-0.25, -0.2) is 36.7 Å². The van der Waals surface area contributed by atoms with Crippen molar-refractivity contribution in [3.05, 3.63) is 24.2 Å². The van der Waals surface area contributed by atoms with E-state index in [-0.39, 0.29) is 23.6 Å². The summed E-state index contributed by atoms with van der Waals surface area (Å²) in [7, 11) is 0. The quantitative estimate of drug-likeness (QED) is 0.498. The van der Waals surface area contributed by atoms with Crippen molar-refractivity contribution in [3.63, 3.8) is 0 Å². The van der Waals surface area contributed by atoms with E-state index in [0.717, 1.165) is 0 Å². The highest BCUT2D eigenvalue weighted by atomic mass is 19.3. The Morgan fingerprint density at radius 1 is 1.34 bits per heavy atom. The molecule has 0 saturated carbocycles. The number of alkyl halides is 4. The number of nitrogens with one attached hydrogen (secondary N) is 2. The van der Waals surface area contributed by atoms with Crippen LogP contribution in [0, 0.1) is 0 Å². The summed E-state index contributed by atoms with van der Waals surface area (Å²) in [6.45, 7) is -2.69. The summed E-state index contributed by atoms with van der Waals surface area (Å²) in [6.07, 6.45) is -3.73. The molecule has 4 rings (SSSR count). The number of amides is 3. The number of aromatic nitrogens is 3. The first kappa shape index (κ1) is 21.6. The number of hydrogen-bond acceptors (Lipinski definition) is 8. The van der Waals surface area contributed by atoms with Crippen molar-refractivity contribution in [2.75, 3.05) is 31.1 Å². The summed E-state index contributed by atoms with van der Waals surface area (Å²) < 4.78 is 63.3. The number of rotatable bonds is 5. The number of imidazole rings is 1. The van der Waals surface area contributed by atoms with Gasteiger partial charge in [-0.3, -0.25) is 10.1 Å². The second-order valence-corrected chi connectivity index (χ2v) is 7.10. The van der Waals surface area contributed by atoms with Crippen LogP contribution in [0.4, 0.5) is 32.8 Å². The maximum absolute atomic E-state index is 14.5. The Kier molecular flexibility index (Phi) is 5.48. The van der Waals surface area contributed by atoms with Gasteiger partial charge in [0.1, 0.15) is 0 Å². The minimum atomic E-state index is -3.52. The largest absolute Gasteiger partial charge is 0.509 e. The molecule has 0 aromatic carbocycles. The van der Waals surface area contributed by atoms with Crippen LogP contribution in [-0.4, -0.2) is 77.4 Å². The number of carbonyl (C=O) groups excluding carboxylic acids is 3. The Hall–Kier alpha value is -3.65. The maximum atomic E-state index is 14.5. The van der Waals surface area contributed by atoms with Gasteiger partial charge in [-0.1, -0.05) is 0 Å². The number of fused-ring (bicyclic) bond motifs is 1. The monoisotopic (exact) mass is 460 g/mol. The van der Waals surface area contributed by atoms with Gasteiger partial charge in [0.15, 0.2) is 18.4 Å². The lowest BCUT2D eigenvalue weighted by Gasteiger charge is -2.24. The fourth-order valence-corrected chi connectivity index (χ4v) is 3.43. The summed E-state index contributed by atoms with van der Waals surface area (Å²) in [6, 6.07) is 0.727. The third-order valence-corrected chi connectivity index (χ3v) is 4.90. The molecule has 2 aliphatic rings. The first-order valence-electron chi connectivity index (χ1n) is 9.31. The fourth-order valence-electron chi connectivity index (χ4n) is 3.43. The Morgan fingerprint density at radius 3 is 2.84 bits per heavy atom. The second kappa shape index (κ2) is 8.12. The topological polar surface area (TPSA) is 127 Å². The van der Waals surface area contributed by atoms with Crippen LogP contribution in [-0.2, 0) is 14.3 Å². The molecule has 1 unspecified atom stereocenters. The molecule has 4 heterocycles. The van der Waals surface area contributed by atoms with Crippen LogP contribution in [0.2, 0.25) is 0 Å². The average Bonchev–Trinajstić information content (AvgIpc) is 3.29. The van der Waals surface area contributed by atoms with Gasteiger partial charge in [0, 0.05) is 18.9 Å². The van der Waals surface area contributed by atoms with E-state index in [9.17, 15) is 31.9 Å². The minimum Gasteiger partial charge on any atom is -0.428 e. The van der Waals surface area contributed by atoms with Gasteiger partial charge in [-0.05, 0) is 6.07 Å². The molecule has 0 bridgehead atoms. The zero-order chi connectivity index (χ0) is 23.0. The predicted octanol–water partition coefficient (Wildman–Crippen LogP) is 0.894. The number of halogens is 4. The highest BCUT2D eigenvalue weighted by molar-refractivity contribution is 6.00. The lowest BCUT2D eigenvalue weighted by Crippen LogP contribution is -2.51. The van der Waals surface area contributed by atoms with Gasteiger partial charge >= 0.3 is 18.1 Å². The van der Waals surface area contributed by atoms with Crippen molar-refractivity contribution >= 4 is 29.4 Å². The van der Waals surface area contributed by atoms with Crippen LogP contribution < -0.4 is 15.5 Å². The molecular formula is C17H16F4N6O5. The van der Waals surface area contributed by atoms with Gasteiger partial charge in [0.25, 0.3) is 6.43 Å². The molecule has 15 heteroatoms. The minimum absolute atomic E-state index is 0.0464. The highest BCUT2D eigenvalue weighted by Gasteiger charge is 2.51. The fraction of sp³-hybridized carbons (Fsp3) is 0.471. The lowest BCUT2D eigenvalue weighted by molar-refractivity contribution is -0.122. The van der Waals surface area contributed by atoms with Gasteiger partial charge in [0.05, 0.1) is 30.4 Å². The Labute approximate surface area is 176 Å². The molecule has 2 atom stereocenters. The number of carbonyl (C=O) groups is 3. The van der Waals surface area contributed by atoms with Crippen LogP contribution >= 0.6 is 0 Å². The van der Waals surface area contributed by atoms with E-state index in [2.05, 4.69) is 30.2 Å². The zero-order valence-corrected chi connectivity index (χ0v) is 16.1. The molecule has 0 aliphatic carbocycles. The van der Waals surface area contributed by atoms with Crippen molar-refractivity contribution < 1.29 is 41.4 Å². The van der Waals surface area contributed by atoms with Crippen molar-refractivity contribution in [1.82, 2.24) is 25.2 Å². The third-order valence-electron chi connectivity index (χ3n) is 4.90. The number of anilines is 1. The molecule has 2 aromatic heterocycles. The number of nitrogens with zero attached hydrogens (tertiary/aromatic N) is 4. The van der Waals surface area contributed by atoms with E-state index in [1.807, 2.05) is 0 Å². The summed E-state index contributed by atoms with van der Waals surface area (Å²) in [5.74, 6) is -5.01. The first-order valence-corrected chi connectivity index (χ1v) is 9.31. The van der Waals surface area contributed by atoms with Crippen LogP contribution in [0.15, 0.2) is 18.5 Å². The molecule has 11 nitrogen and oxygen atoms in total. The van der Waals surface area contributed by atoms with Crippen molar-refractivity contribution in [3.8, 4) is 0 Å². The standard InChI is InChI=1S/C17H16F4N6O5/c18-12(19)6-31-16(30)32-11-5-26(7-17(11,20)21)10-3-9(25-27-2-1-22-13(10)27)8-4-23-15(29)24-14(8)28/h1-3,8,11-12H,4-7H2,(H2,23,24,28,29)/t8?,11-/m0/s1. The van der Waals surface area contributed by atoms with Gasteiger partial charge in [-0.15, -0.1) is 0 Å². The number of hydrogen-bond donors (Lipinski definition) is 2. The van der Waals surface area contributed by atoms with Crippen LogP contribution in [0.1, 0.15) is 11.6 Å². The van der Waals surface area contributed by atoms with Gasteiger partial charge in [0.2, 0.25) is 5.91 Å². The van der Waals surface area contributed by atoms with Crippen molar-refractivity contribution in [1.29, 1.82) is 0 Å². The summed E-state index contributed by atoms with van der Waals surface area (Å²) >= 11 is 0. The normalized spacial score (nSPS) is 22.7. The summed E-state index contributed by atoms with van der Waals surface area (Å²) in [4.78, 5) is 40.3. The van der Waals surface area contributed by atoms with E-state index < -0.39 is 62.2 Å². The summed E-state index contributed by atoms with van der Waals surface area (Å²) in [5.41, 5.74) is 0.564. The molecular weight excluding hydrogens is 444 g/mol. The molecule has 3 amide bonds. The second-order valence-electron chi connectivity index (χ2n) is 7.10. The molecule has 2 aromatic rings. The molecule has 0 radical (unpaired) electrons. The van der Waals surface area contributed by atoms with E-state index in [1.54, 1.807) is 0 Å². The number of imide groups is 1. The first-order chi connectivity index (χ1) is 15.1. The molecule has 2 fully saturated rings. The number of urea groups is 1. The highest BCUT2D eigenvalue weighted by Crippen LogP contribution is 2.36. The Bertz CT molecular complexity index is 1060. The van der Waals surface area contributed by atoms with E-state index >= 15 is 0 Å². The average molecular weight is 460 g/mol. The van der Waals surface area contributed by atoms with Gasteiger partial charge in [-0.2, -0.15) is 5.10 Å². The zero-order valence-electron chi connectivity index (χ0n) is 16.1. The lowest BCUT2D eigenvalue weighted by atomic mass is 10.0. The molecule has 2 saturated heterocycles. The SMILES string of the molecule is O=C1NCC(c2cc(N3C[C@H](OC(=O)OCC(F)F)C(F)(F)C3)c3nccn3n2)C(=O)N1. The van der Waals surface area contributed by atoms with E-state index in [0.29, 0.717) is 0 Å². The predicted molar refractivity (Wildman–Crippen MR) is 96.7 cm³/mol. The van der Waals surface area contributed by atoms with Gasteiger partial charge < -0.3 is 19.7 Å².